The van der Waals surface area contributed by atoms with Gasteiger partial charge in [0, 0.05) is 17.5 Å². The van der Waals surface area contributed by atoms with E-state index in [2.05, 4.69) is 72.2 Å². The van der Waals surface area contributed by atoms with Gasteiger partial charge in [0.25, 0.3) is 0 Å². The molecule has 3 rings (SSSR count). The third kappa shape index (κ3) is 3.09. The lowest BCUT2D eigenvalue weighted by Gasteiger charge is -2.14. The maximum Gasteiger partial charge on any atom is 0.0292 e. The van der Waals surface area contributed by atoms with Crippen LogP contribution < -0.4 is 5.32 Å². The minimum atomic E-state index is 0.388. The van der Waals surface area contributed by atoms with Gasteiger partial charge in [0.1, 0.15) is 0 Å². The molecule has 0 bridgehead atoms. The molecular formula is C18H19NS. The summed E-state index contributed by atoms with van der Waals surface area (Å²) < 4.78 is 0. The summed E-state index contributed by atoms with van der Waals surface area (Å²) in [6, 6.07) is 20.0. The van der Waals surface area contributed by atoms with Crippen LogP contribution in [0.4, 0.5) is 0 Å². The highest BCUT2D eigenvalue weighted by molar-refractivity contribution is 7.09. The molecule has 0 saturated carbocycles. The smallest absolute Gasteiger partial charge is 0.0292 e. The van der Waals surface area contributed by atoms with Crippen LogP contribution in [-0.4, -0.2) is 6.54 Å². The lowest BCUT2D eigenvalue weighted by Crippen LogP contribution is -2.21. The molecule has 1 aromatic heterocycles. The molecule has 1 nitrogen and oxygen atoms in total. The SMILES string of the molecule is CC(NCCc1cccs1)c1ccc2ccccc2c1. The third-order valence-corrected chi connectivity index (χ3v) is 4.61. The number of nitrogens with one attached hydrogen (secondary N) is 1. The summed E-state index contributed by atoms with van der Waals surface area (Å²) in [5.41, 5.74) is 1.36. The zero-order valence-corrected chi connectivity index (χ0v) is 12.5. The Morgan fingerprint density at radius 3 is 2.65 bits per heavy atom. The Morgan fingerprint density at radius 1 is 1.00 bits per heavy atom. The van der Waals surface area contributed by atoms with Gasteiger partial charge in [0.05, 0.1) is 0 Å². The standard InChI is InChI=1S/C18H19NS/c1-14(19-11-10-18-7-4-12-20-18)16-9-8-15-5-2-3-6-17(15)13-16/h2-9,12-14,19H,10-11H2,1H3. The highest BCUT2D eigenvalue weighted by Gasteiger charge is 2.05. The molecule has 0 amide bonds. The van der Waals surface area contributed by atoms with E-state index in [9.17, 15) is 0 Å². The van der Waals surface area contributed by atoms with Gasteiger partial charge in [-0.3, -0.25) is 0 Å². The van der Waals surface area contributed by atoms with E-state index >= 15 is 0 Å². The summed E-state index contributed by atoms with van der Waals surface area (Å²) in [5.74, 6) is 0. The fourth-order valence-corrected chi connectivity index (χ4v) is 3.17. The van der Waals surface area contributed by atoms with Crippen molar-refractivity contribution in [2.24, 2.45) is 0 Å². The number of thiophene rings is 1. The highest BCUT2D eigenvalue weighted by atomic mass is 32.1. The Balaban J connectivity index is 1.64. The molecule has 1 heterocycles. The molecule has 0 spiro atoms. The van der Waals surface area contributed by atoms with Crippen molar-refractivity contribution < 1.29 is 0 Å². The van der Waals surface area contributed by atoms with Crippen LogP contribution in [0.1, 0.15) is 23.4 Å². The normalized spacial score (nSPS) is 12.7. The maximum absolute atomic E-state index is 3.61. The highest BCUT2D eigenvalue weighted by Crippen LogP contribution is 2.20. The average molecular weight is 281 g/mol. The van der Waals surface area contributed by atoms with Crippen LogP contribution in [0.5, 0.6) is 0 Å². The quantitative estimate of drug-likeness (QED) is 0.708. The van der Waals surface area contributed by atoms with Gasteiger partial charge < -0.3 is 5.32 Å². The van der Waals surface area contributed by atoms with Crippen LogP contribution in [0.25, 0.3) is 10.8 Å². The zero-order valence-electron chi connectivity index (χ0n) is 11.7. The maximum atomic E-state index is 3.61. The molecule has 102 valence electrons. The lowest BCUT2D eigenvalue weighted by molar-refractivity contribution is 0.579. The Labute approximate surface area is 124 Å². The molecule has 0 aliphatic carbocycles. The van der Waals surface area contributed by atoms with Crippen LogP contribution in [-0.2, 0) is 6.42 Å². The molecule has 3 aromatic rings. The van der Waals surface area contributed by atoms with Crippen LogP contribution in [0, 0.1) is 0 Å². The van der Waals surface area contributed by atoms with Crippen LogP contribution >= 0.6 is 11.3 Å². The molecule has 0 radical (unpaired) electrons. The van der Waals surface area contributed by atoms with Crippen molar-refractivity contribution in [2.45, 2.75) is 19.4 Å². The molecule has 0 saturated heterocycles. The molecular weight excluding hydrogens is 262 g/mol. The summed E-state index contributed by atoms with van der Waals surface area (Å²) in [5, 5.41) is 8.37. The van der Waals surface area contributed by atoms with Crippen molar-refractivity contribution in [3.05, 3.63) is 70.4 Å². The van der Waals surface area contributed by atoms with Crippen LogP contribution in [0.2, 0.25) is 0 Å². The van der Waals surface area contributed by atoms with Crippen molar-refractivity contribution in [1.82, 2.24) is 5.32 Å². The van der Waals surface area contributed by atoms with Crippen molar-refractivity contribution in [3.8, 4) is 0 Å². The van der Waals surface area contributed by atoms with Gasteiger partial charge in [-0.1, -0.05) is 42.5 Å². The molecule has 1 N–H and O–H groups in total. The van der Waals surface area contributed by atoms with E-state index in [1.54, 1.807) is 0 Å². The van der Waals surface area contributed by atoms with E-state index < -0.39 is 0 Å². The van der Waals surface area contributed by atoms with Gasteiger partial charge in [0.2, 0.25) is 0 Å². The average Bonchev–Trinajstić information content (AvgIpc) is 3.00. The van der Waals surface area contributed by atoms with Crippen molar-refractivity contribution in [1.29, 1.82) is 0 Å². The first-order chi connectivity index (χ1) is 9.83. The van der Waals surface area contributed by atoms with E-state index in [1.807, 2.05) is 11.3 Å². The first-order valence-corrected chi connectivity index (χ1v) is 7.95. The Kier molecular flexibility index (Phi) is 4.14. The van der Waals surface area contributed by atoms with Gasteiger partial charge in [-0.05, 0) is 47.2 Å². The zero-order chi connectivity index (χ0) is 13.8. The fourth-order valence-electron chi connectivity index (χ4n) is 2.46. The second kappa shape index (κ2) is 6.21. The number of hydrogen-bond acceptors (Lipinski definition) is 2. The van der Waals surface area contributed by atoms with Gasteiger partial charge in [-0.15, -0.1) is 11.3 Å². The summed E-state index contributed by atoms with van der Waals surface area (Å²) in [7, 11) is 0. The van der Waals surface area contributed by atoms with E-state index in [0.29, 0.717) is 6.04 Å². The van der Waals surface area contributed by atoms with Crippen LogP contribution in [0.15, 0.2) is 60.0 Å². The number of rotatable bonds is 5. The van der Waals surface area contributed by atoms with Gasteiger partial charge in [-0.25, -0.2) is 0 Å². The summed E-state index contributed by atoms with van der Waals surface area (Å²) >= 11 is 1.83. The monoisotopic (exact) mass is 281 g/mol. The van der Waals surface area contributed by atoms with E-state index in [0.717, 1.165) is 13.0 Å². The molecule has 1 unspecified atom stereocenters. The Hall–Kier alpha value is -1.64. The topological polar surface area (TPSA) is 12.0 Å². The second-order valence-corrected chi connectivity index (χ2v) is 6.14. The molecule has 2 aromatic carbocycles. The predicted octanol–water partition coefficient (Wildman–Crippen LogP) is 4.79. The largest absolute Gasteiger partial charge is 0.310 e. The van der Waals surface area contributed by atoms with Crippen molar-refractivity contribution in [2.75, 3.05) is 6.54 Å². The summed E-state index contributed by atoms with van der Waals surface area (Å²) in [6.07, 6.45) is 1.11. The Morgan fingerprint density at radius 2 is 1.85 bits per heavy atom. The minimum Gasteiger partial charge on any atom is -0.310 e. The summed E-state index contributed by atoms with van der Waals surface area (Å²) in [6.45, 7) is 3.26. The number of hydrogen-bond donors (Lipinski definition) is 1. The molecule has 0 aliphatic rings. The second-order valence-electron chi connectivity index (χ2n) is 5.11. The van der Waals surface area contributed by atoms with Crippen LogP contribution in [0.3, 0.4) is 0 Å². The van der Waals surface area contributed by atoms with E-state index in [-0.39, 0.29) is 0 Å². The number of benzene rings is 2. The fraction of sp³-hybridized carbons (Fsp3) is 0.222. The number of fused-ring (bicyclic) bond motifs is 1. The van der Waals surface area contributed by atoms with Gasteiger partial charge in [-0.2, -0.15) is 0 Å². The molecule has 20 heavy (non-hydrogen) atoms. The third-order valence-electron chi connectivity index (χ3n) is 3.68. The predicted molar refractivity (Wildman–Crippen MR) is 88.4 cm³/mol. The lowest BCUT2D eigenvalue weighted by atomic mass is 10.0. The van der Waals surface area contributed by atoms with Crippen molar-refractivity contribution >= 4 is 22.1 Å². The summed E-state index contributed by atoms with van der Waals surface area (Å²) in [4.78, 5) is 1.45. The molecule has 0 aliphatic heterocycles. The van der Waals surface area contributed by atoms with Crippen molar-refractivity contribution in [3.63, 3.8) is 0 Å². The van der Waals surface area contributed by atoms with E-state index in [4.69, 9.17) is 0 Å². The molecule has 1 atom stereocenters. The van der Waals surface area contributed by atoms with Gasteiger partial charge >= 0.3 is 0 Å². The Bertz CT molecular complexity index is 673. The minimum absolute atomic E-state index is 0.388. The molecule has 2 heteroatoms. The molecule has 0 fully saturated rings. The van der Waals surface area contributed by atoms with E-state index in [1.165, 1.54) is 21.2 Å². The first kappa shape index (κ1) is 13.3. The van der Waals surface area contributed by atoms with Gasteiger partial charge in [0.15, 0.2) is 0 Å². The first-order valence-electron chi connectivity index (χ1n) is 7.07.